The summed E-state index contributed by atoms with van der Waals surface area (Å²) in [5.41, 5.74) is 1.79. The Morgan fingerprint density at radius 2 is 1.92 bits per heavy atom. The Morgan fingerprint density at radius 1 is 1.19 bits per heavy atom. The van der Waals surface area contributed by atoms with Crippen LogP contribution in [0, 0.1) is 5.82 Å². The van der Waals surface area contributed by atoms with Crippen molar-refractivity contribution in [2.75, 3.05) is 13.8 Å². The van der Waals surface area contributed by atoms with E-state index in [1.54, 1.807) is 12.1 Å². The van der Waals surface area contributed by atoms with E-state index in [4.69, 9.17) is 9.47 Å². The van der Waals surface area contributed by atoms with E-state index < -0.39 is 6.04 Å². The number of benzene rings is 2. The lowest BCUT2D eigenvalue weighted by Gasteiger charge is -2.28. The first-order valence-corrected chi connectivity index (χ1v) is 8.75. The van der Waals surface area contributed by atoms with Gasteiger partial charge in [0.2, 0.25) is 12.7 Å². The van der Waals surface area contributed by atoms with Crippen LogP contribution in [0.4, 0.5) is 4.39 Å². The number of halogens is 1. The van der Waals surface area contributed by atoms with Crippen LogP contribution >= 0.6 is 0 Å². The van der Waals surface area contributed by atoms with Gasteiger partial charge in [-0.3, -0.25) is 9.69 Å². The maximum atomic E-state index is 13.3. The van der Waals surface area contributed by atoms with E-state index in [1.165, 1.54) is 12.1 Å². The average molecular weight is 356 g/mol. The molecule has 2 aromatic rings. The monoisotopic (exact) mass is 356 g/mol. The van der Waals surface area contributed by atoms with E-state index in [0.29, 0.717) is 6.54 Å². The lowest BCUT2D eigenvalue weighted by Crippen LogP contribution is -2.39. The topological polar surface area (TPSA) is 50.8 Å². The van der Waals surface area contributed by atoms with Gasteiger partial charge in [-0.05, 0) is 55.3 Å². The highest BCUT2D eigenvalue weighted by Gasteiger charge is 2.31. The minimum absolute atomic E-state index is 0.0534. The Labute approximate surface area is 151 Å². The second-order valence-corrected chi connectivity index (χ2v) is 6.84. The van der Waals surface area contributed by atoms with Gasteiger partial charge >= 0.3 is 0 Å². The molecule has 6 heteroatoms. The SMILES string of the molecule is CN(Cc1ccc2c(c1)OCO2)C(C(=O)NC1CC1)c1ccc(F)cc1. The molecule has 26 heavy (non-hydrogen) atoms. The Balaban J connectivity index is 1.55. The molecule has 1 N–H and O–H groups in total. The zero-order valence-corrected chi connectivity index (χ0v) is 14.6. The molecule has 1 aliphatic heterocycles. The second kappa shape index (κ2) is 6.96. The van der Waals surface area contributed by atoms with Gasteiger partial charge in [-0.1, -0.05) is 18.2 Å². The van der Waals surface area contributed by atoms with Crippen LogP contribution in [0.3, 0.4) is 0 Å². The minimum Gasteiger partial charge on any atom is -0.454 e. The highest BCUT2D eigenvalue weighted by molar-refractivity contribution is 5.83. The maximum Gasteiger partial charge on any atom is 0.242 e. The largest absolute Gasteiger partial charge is 0.454 e. The molecule has 1 atom stereocenters. The number of hydrogen-bond donors (Lipinski definition) is 1. The summed E-state index contributed by atoms with van der Waals surface area (Å²) in [6, 6.07) is 11.7. The van der Waals surface area contributed by atoms with Crippen LogP contribution in [0.5, 0.6) is 11.5 Å². The summed E-state index contributed by atoms with van der Waals surface area (Å²) in [4.78, 5) is 14.8. The number of rotatable bonds is 6. The fourth-order valence-electron chi connectivity index (χ4n) is 3.18. The minimum atomic E-state index is -0.485. The first-order chi connectivity index (χ1) is 12.6. The quantitative estimate of drug-likeness (QED) is 0.865. The van der Waals surface area contributed by atoms with E-state index in [2.05, 4.69) is 5.32 Å². The number of ether oxygens (including phenoxy) is 2. The molecule has 0 spiro atoms. The van der Waals surface area contributed by atoms with Crippen molar-refractivity contribution < 1.29 is 18.7 Å². The number of hydrogen-bond acceptors (Lipinski definition) is 4. The molecular weight excluding hydrogens is 335 g/mol. The van der Waals surface area contributed by atoms with Crippen LogP contribution in [0.25, 0.3) is 0 Å². The van der Waals surface area contributed by atoms with Crippen molar-refractivity contribution in [1.82, 2.24) is 10.2 Å². The van der Waals surface area contributed by atoms with Crippen LogP contribution in [0.1, 0.15) is 30.0 Å². The van der Waals surface area contributed by atoms with Gasteiger partial charge in [0.1, 0.15) is 11.9 Å². The Bertz CT molecular complexity index is 805. The van der Waals surface area contributed by atoms with Crippen molar-refractivity contribution in [3.8, 4) is 11.5 Å². The molecule has 2 aliphatic rings. The van der Waals surface area contributed by atoms with Gasteiger partial charge in [0, 0.05) is 12.6 Å². The van der Waals surface area contributed by atoms with E-state index in [9.17, 15) is 9.18 Å². The number of amides is 1. The number of carbonyl (C=O) groups is 1. The van der Waals surface area contributed by atoms with Gasteiger partial charge in [-0.15, -0.1) is 0 Å². The summed E-state index contributed by atoms with van der Waals surface area (Å²) in [5, 5.41) is 3.06. The van der Waals surface area contributed by atoms with Gasteiger partial charge in [-0.2, -0.15) is 0 Å². The predicted molar refractivity (Wildman–Crippen MR) is 94.3 cm³/mol. The number of nitrogens with zero attached hydrogens (tertiary/aromatic N) is 1. The van der Waals surface area contributed by atoms with Crippen LogP contribution in [0.2, 0.25) is 0 Å². The molecule has 136 valence electrons. The molecule has 1 unspecified atom stereocenters. The lowest BCUT2D eigenvalue weighted by atomic mass is 10.0. The Morgan fingerprint density at radius 3 is 2.65 bits per heavy atom. The normalized spacial score (nSPS) is 16.6. The molecular formula is C20H21FN2O3. The first-order valence-electron chi connectivity index (χ1n) is 8.75. The van der Waals surface area contributed by atoms with Crippen LogP contribution in [0.15, 0.2) is 42.5 Å². The van der Waals surface area contributed by atoms with Crippen molar-refractivity contribution in [1.29, 1.82) is 0 Å². The second-order valence-electron chi connectivity index (χ2n) is 6.84. The van der Waals surface area contributed by atoms with Gasteiger partial charge in [0.15, 0.2) is 11.5 Å². The van der Waals surface area contributed by atoms with E-state index in [-0.39, 0.29) is 24.6 Å². The smallest absolute Gasteiger partial charge is 0.242 e. The zero-order chi connectivity index (χ0) is 18.1. The summed E-state index contributed by atoms with van der Waals surface area (Å²) in [5.74, 6) is 1.09. The van der Waals surface area contributed by atoms with Crippen molar-refractivity contribution in [2.45, 2.75) is 31.5 Å². The van der Waals surface area contributed by atoms with E-state index in [1.807, 2.05) is 30.1 Å². The fraction of sp³-hybridized carbons (Fsp3) is 0.350. The van der Waals surface area contributed by atoms with Gasteiger partial charge < -0.3 is 14.8 Å². The third kappa shape index (κ3) is 3.65. The average Bonchev–Trinajstić information content (AvgIpc) is 3.30. The summed E-state index contributed by atoms with van der Waals surface area (Å²) in [7, 11) is 1.89. The van der Waals surface area contributed by atoms with Crippen LogP contribution in [-0.2, 0) is 11.3 Å². The molecule has 1 amide bonds. The molecule has 0 bridgehead atoms. The van der Waals surface area contributed by atoms with Gasteiger partial charge in [-0.25, -0.2) is 4.39 Å². The summed E-state index contributed by atoms with van der Waals surface area (Å²) in [6.45, 7) is 0.785. The standard InChI is InChI=1S/C20H21FN2O3/c1-23(11-13-2-9-17-18(10-13)26-12-25-17)19(20(24)22-16-7-8-16)14-3-5-15(21)6-4-14/h2-6,9-10,16,19H,7-8,11-12H2,1H3,(H,22,24). The van der Waals surface area contributed by atoms with Gasteiger partial charge in [0.25, 0.3) is 0 Å². The third-order valence-corrected chi connectivity index (χ3v) is 4.67. The summed E-state index contributed by atoms with van der Waals surface area (Å²) < 4.78 is 24.1. The number of nitrogens with one attached hydrogen (secondary N) is 1. The van der Waals surface area contributed by atoms with Crippen LogP contribution < -0.4 is 14.8 Å². The molecule has 0 saturated heterocycles. The lowest BCUT2D eigenvalue weighted by molar-refractivity contribution is -0.126. The molecule has 1 aliphatic carbocycles. The fourth-order valence-corrected chi connectivity index (χ4v) is 3.18. The number of fused-ring (bicyclic) bond motifs is 1. The molecule has 4 rings (SSSR count). The Kier molecular flexibility index (Phi) is 4.51. The molecule has 0 aromatic heterocycles. The highest BCUT2D eigenvalue weighted by Crippen LogP contribution is 2.33. The van der Waals surface area contributed by atoms with E-state index >= 15 is 0 Å². The molecule has 1 heterocycles. The number of carbonyl (C=O) groups excluding carboxylic acids is 1. The molecule has 0 radical (unpaired) electrons. The van der Waals surface area contributed by atoms with Crippen molar-refractivity contribution in [3.63, 3.8) is 0 Å². The highest BCUT2D eigenvalue weighted by atomic mass is 19.1. The molecule has 1 fully saturated rings. The van der Waals surface area contributed by atoms with E-state index in [0.717, 1.165) is 35.5 Å². The van der Waals surface area contributed by atoms with Crippen molar-refractivity contribution in [2.24, 2.45) is 0 Å². The predicted octanol–water partition coefficient (Wildman–Crippen LogP) is 3.01. The Hall–Kier alpha value is -2.60. The van der Waals surface area contributed by atoms with Crippen molar-refractivity contribution >= 4 is 5.91 Å². The summed E-state index contributed by atoms with van der Waals surface area (Å²) in [6.07, 6.45) is 2.04. The molecule has 2 aromatic carbocycles. The first kappa shape index (κ1) is 16.8. The van der Waals surface area contributed by atoms with Crippen LogP contribution in [-0.4, -0.2) is 30.7 Å². The van der Waals surface area contributed by atoms with Crippen molar-refractivity contribution in [3.05, 3.63) is 59.4 Å². The maximum absolute atomic E-state index is 13.3. The molecule has 5 nitrogen and oxygen atoms in total. The third-order valence-electron chi connectivity index (χ3n) is 4.67. The number of likely N-dealkylation sites (N-methyl/N-ethyl adjacent to an activating group) is 1. The zero-order valence-electron chi connectivity index (χ0n) is 14.6. The molecule has 1 saturated carbocycles. The van der Waals surface area contributed by atoms with Gasteiger partial charge in [0.05, 0.1) is 0 Å². The summed E-state index contributed by atoms with van der Waals surface area (Å²) >= 11 is 0.